The molecule has 2 amide bonds. The van der Waals surface area contributed by atoms with Crippen molar-refractivity contribution in [1.29, 1.82) is 0 Å². The van der Waals surface area contributed by atoms with Gasteiger partial charge in [-0.05, 0) is 48.7 Å². The van der Waals surface area contributed by atoms with E-state index in [9.17, 15) is 14.0 Å². The van der Waals surface area contributed by atoms with Gasteiger partial charge in [-0.3, -0.25) is 9.59 Å². The number of aryl methyl sites for hydroxylation is 2. The van der Waals surface area contributed by atoms with Gasteiger partial charge < -0.3 is 10.6 Å². The second kappa shape index (κ2) is 7.93. The number of carbonyl (C=O) groups excluding carboxylic acids is 2. The molecule has 2 aromatic carbocycles. The van der Waals surface area contributed by atoms with E-state index in [0.29, 0.717) is 16.3 Å². The van der Waals surface area contributed by atoms with Crippen LogP contribution in [0.3, 0.4) is 0 Å². The van der Waals surface area contributed by atoms with Crippen LogP contribution >= 0.6 is 11.6 Å². The Bertz CT molecular complexity index is 737. The molecule has 24 heavy (non-hydrogen) atoms. The fourth-order valence-corrected chi connectivity index (χ4v) is 2.66. The van der Waals surface area contributed by atoms with Gasteiger partial charge >= 0.3 is 0 Å². The molecule has 0 heterocycles. The van der Waals surface area contributed by atoms with Crippen LogP contribution < -0.4 is 10.6 Å². The zero-order valence-electron chi connectivity index (χ0n) is 13.5. The summed E-state index contributed by atoms with van der Waals surface area (Å²) >= 11 is 6.13. The van der Waals surface area contributed by atoms with Crippen LogP contribution in [0.1, 0.15) is 16.7 Å². The monoisotopic (exact) mass is 348 g/mol. The Morgan fingerprint density at radius 1 is 1.08 bits per heavy atom. The number of carbonyl (C=O) groups is 2. The maximum Gasteiger partial charge on any atom is 0.243 e. The summed E-state index contributed by atoms with van der Waals surface area (Å²) in [6.07, 6.45) is 0.0812. The van der Waals surface area contributed by atoms with Crippen LogP contribution in [-0.2, 0) is 16.0 Å². The van der Waals surface area contributed by atoms with Crippen molar-refractivity contribution < 1.29 is 14.0 Å². The number of amides is 2. The fourth-order valence-electron chi connectivity index (χ4n) is 2.29. The topological polar surface area (TPSA) is 58.2 Å². The highest BCUT2D eigenvalue weighted by Gasteiger charge is 2.11. The summed E-state index contributed by atoms with van der Waals surface area (Å²) in [6, 6.07) is 9.32. The number of halogens is 2. The van der Waals surface area contributed by atoms with E-state index in [4.69, 9.17) is 11.6 Å². The molecule has 0 aliphatic heterocycles. The van der Waals surface area contributed by atoms with Crippen molar-refractivity contribution in [3.63, 3.8) is 0 Å². The predicted octanol–water partition coefficient (Wildman–Crippen LogP) is 3.39. The molecule has 126 valence electrons. The number of hydrogen-bond acceptors (Lipinski definition) is 2. The summed E-state index contributed by atoms with van der Waals surface area (Å²) < 4.78 is 12.8. The van der Waals surface area contributed by atoms with Crippen molar-refractivity contribution in [3.8, 4) is 0 Å². The van der Waals surface area contributed by atoms with E-state index in [1.54, 1.807) is 6.07 Å². The highest BCUT2D eigenvalue weighted by Crippen LogP contribution is 2.27. The number of nitrogens with one attached hydrogen (secondary N) is 2. The van der Waals surface area contributed by atoms with Crippen LogP contribution in [0.15, 0.2) is 36.4 Å². The highest BCUT2D eigenvalue weighted by molar-refractivity contribution is 6.34. The van der Waals surface area contributed by atoms with Gasteiger partial charge in [0.05, 0.1) is 23.7 Å². The zero-order valence-corrected chi connectivity index (χ0v) is 14.2. The summed E-state index contributed by atoms with van der Waals surface area (Å²) in [5, 5.41) is 5.68. The highest BCUT2D eigenvalue weighted by atomic mass is 35.5. The Hall–Kier alpha value is -2.40. The molecule has 0 bridgehead atoms. The molecule has 0 unspecified atom stereocenters. The third kappa shape index (κ3) is 5.06. The summed E-state index contributed by atoms with van der Waals surface area (Å²) in [5.41, 5.74) is 3.07. The summed E-state index contributed by atoms with van der Waals surface area (Å²) in [7, 11) is 0. The lowest BCUT2D eigenvalue weighted by molar-refractivity contribution is -0.123. The van der Waals surface area contributed by atoms with Crippen LogP contribution in [0.5, 0.6) is 0 Å². The second-order valence-electron chi connectivity index (χ2n) is 5.57. The average molecular weight is 349 g/mol. The van der Waals surface area contributed by atoms with Gasteiger partial charge in [0, 0.05) is 0 Å². The standard InChI is InChI=1S/C18H18ClFN2O2/c1-11-7-12(2)18(15(19)8-11)22-17(24)10-21-16(23)9-13-3-5-14(20)6-4-13/h3-8H,9-10H2,1-2H3,(H,21,23)(H,22,24). The van der Waals surface area contributed by atoms with Crippen LogP contribution in [0.4, 0.5) is 10.1 Å². The molecule has 2 aromatic rings. The van der Waals surface area contributed by atoms with Crippen molar-refractivity contribution >= 4 is 29.1 Å². The van der Waals surface area contributed by atoms with Gasteiger partial charge in [0.2, 0.25) is 11.8 Å². The lowest BCUT2D eigenvalue weighted by atomic mass is 10.1. The normalized spacial score (nSPS) is 10.3. The molecule has 0 fully saturated rings. The minimum Gasteiger partial charge on any atom is -0.347 e. The largest absolute Gasteiger partial charge is 0.347 e. The van der Waals surface area contributed by atoms with Crippen LogP contribution in [0, 0.1) is 19.7 Å². The number of benzene rings is 2. The molecular weight excluding hydrogens is 331 g/mol. The third-order valence-corrected chi connectivity index (χ3v) is 3.72. The van der Waals surface area contributed by atoms with E-state index in [-0.39, 0.29) is 30.6 Å². The van der Waals surface area contributed by atoms with Crippen molar-refractivity contribution in [2.24, 2.45) is 0 Å². The first kappa shape index (κ1) is 17.9. The Morgan fingerprint density at radius 3 is 2.38 bits per heavy atom. The smallest absolute Gasteiger partial charge is 0.243 e. The second-order valence-corrected chi connectivity index (χ2v) is 5.97. The zero-order chi connectivity index (χ0) is 17.7. The van der Waals surface area contributed by atoms with Crippen molar-refractivity contribution in [1.82, 2.24) is 5.32 Å². The van der Waals surface area contributed by atoms with Gasteiger partial charge in [0.1, 0.15) is 5.82 Å². The predicted molar refractivity (Wildman–Crippen MR) is 92.7 cm³/mol. The fraction of sp³-hybridized carbons (Fsp3) is 0.222. The molecule has 4 nitrogen and oxygen atoms in total. The number of rotatable bonds is 5. The number of hydrogen-bond donors (Lipinski definition) is 2. The Balaban J connectivity index is 1.87. The van der Waals surface area contributed by atoms with E-state index < -0.39 is 0 Å². The lowest BCUT2D eigenvalue weighted by Crippen LogP contribution is -2.34. The van der Waals surface area contributed by atoms with Gasteiger partial charge in [-0.25, -0.2) is 4.39 Å². The third-order valence-electron chi connectivity index (χ3n) is 3.42. The Kier molecular flexibility index (Phi) is 5.93. The first-order valence-electron chi connectivity index (χ1n) is 7.43. The molecule has 0 atom stereocenters. The summed E-state index contributed by atoms with van der Waals surface area (Å²) in [5.74, 6) is -1.04. The molecular formula is C18H18ClFN2O2. The maximum absolute atomic E-state index is 12.8. The van der Waals surface area contributed by atoms with Crippen molar-refractivity contribution in [3.05, 3.63) is 63.9 Å². The molecule has 0 aliphatic carbocycles. The Labute approximate surface area is 145 Å². The van der Waals surface area contributed by atoms with Gasteiger partial charge in [0.25, 0.3) is 0 Å². The van der Waals surface area contributed by atoms with E-state index in [1.807, 2.05) is 19.9 Å². The molecule has 2 rings (SSSR count). The van der Waals surface area contributed by atoms with Gasteiger partial charge in [-0.2, -0.15) is 0 Å². The molecule has 0 aromatic heterocycles. The molecule has 0 saturated carbocycles. The van der Waals surface area contributed by atoms with Crippen LogP contribution in [0.2, 0.25) is 5.02 Å². The minimum absolute atomic E-state index is 0.0812. The Morgan fingerprint density at radius 2 is 1.75 bits per heavy atom. The first-order valence-corrected chi connectivity index (χ1v) is 7.80. The molecule has 0 saturated heterocycles. The first-order chi connectivity index (χ1) is 11.3. The maximum atomic E-state index is 12.8. The van der Waals surface area contributed by atoms with Gasteiger partial charge in [-0.1, -0.05) is 29.8 Å². The van der Waals surface area contributed by atoms with E-state index in [2.05, 4.69) is 10.6 Å². The number of anilines is 1. The molecule has 0 spiro atoms. The van der Waals surface area contributed by atoms with Gasteiger partial charge in [-0.15, -0.1) is 0 Å². The average Bonchev–Trinajstić information content (AvgIpc) is 2.51. The minimum atomic E-state index is -0.365. The van der Waals surface area contributed by atoms with Crippen molar-refractivity contribution in [2.45, 2.75) is 20.3 Å². The van der Waals surface area contributed by atoms with E-state index in [1.165, 1.54) is 24.3 Å². The molecule has 0 aliphatic rings. The van der Waals surface area contributed by atoms with E-state index in [0.717, 1.165) is 11.1 Å². The summed E-state index contributed by atoms with van der Waals surface area (Å²) in [6.45, 7) is 3.60. The van der Waals surface area contributed by atoms with Crippen molar-refractivity contribution in [2.75, 3.05) is 11.9 Å². The SMILES string of the molecule is Cc1cc(C)c(NC(=O)CNC(=O)Cc2ccc(F)cc2)c(Cl)c1. The quantitative estimate of drug-likeness (QED) is 0.870. The lowest BCUT2D eigenvalue weighted by Gasteiger charge is -2.12. The van der Waals surface area contributed by atoms with Crippen LogP contribution in [0.25, 0.3) is 0 Å². The molecule has 0 radical (unpaired) electrons. The van der Waals surface area contributed by atoms with Gasteiger partial charge in [0.15, 0.2) is 0 Å². The molecule has 6 heteroatoms. The summed E-state index contributed by atoms with van der Waals surface area (Å²) in [4.78, 5) is 23.8. The van der Waals surface area contributed by atoms with E-state index >= 15 is 0 Å². The van der Waals surface area contributed by atoms with Crippen LogP contribution in [-0.4, -0.2) is 18.4 Å². The molecule has 2 N–H and O–H groups in total.